The Morgan fingerprint density at radius 2 is 1.70 bits per heavy atom. The molecule has 0 atom stereocenters. The van der Waals surface area contributed by atoms with E-state index >= 15 is 0 Å². The number of anilines is 2. The minimum absolute atomic E-state index is 0.0293. The van der Waals surface area contributed by atoms with E-state index in [-0.39, 0.29) is 16.5 Å². The van der Waals surface area contributed by atoms with Crippen molar-refractivity contribution in [1.29, 1.82) is 0 Å². The van der Waals surface area contributed by atoms with E-state index in [1.165, 1.54) is 19.2 Å². The Balaban J connectivity index is 1.91. The summed E-state index contributed by atoms with van der Waals surface area (Å²) in [5.41, 5.74) is 1.76. The number of carbonyl (C=O) groups excluding carboxylic acids is 3. The number of hydrogen-bond acceptors (Lipinski definition) is 5. The average molecular weight is 450 g/mol. The van der Waals surface area contributed by atoms with Crippen LogP contribution in [-0.2, 0) is 9.53 Å². The number of halogens is 2. The van der Waals surface area contributed by atoms with Crippen LogP contribution in [0.25, 0.3) is 0 Å². The minimum Gasteiger partial charge on any atom is -0.465 e. The summed E-state index contributed by atoms with van der Waals surface area (Å²) in [5.74, 6) is -0.910. The van der Waals surface area contributed by atoms with Gasteiger partial charge < -0.3 is 19.9 Å². The van der Waals surface area contributed by atoms with Gasteiger partial charge in [-0.05, 0) is 36.4 Å². The van der Waals surface area contributed by atoms with E-state index in [1.807, 2.05) is 0 Å². The molecule has 2 amide bonds. The van der Waals surface area contributed by atoms with Crippen LogP contribution in [0, 0.1) is 0 Å². The Hall–Kier alpha value is -2.77. The first-order valence-electron chi connectivity index (χ1n) is 9.29. The molecule has 7 nitrogen and oxygen atoms in total. The third-order valence-electron chi connectivity index (χ3n) is 4.91. The molecule has 0 spiro atoms. The van der Waals surface area contributed by atoms with E-state index in [9.17, 15) is 14.4 Å². The second kappa shape index (κ2) is 9.36. The molecule has 1 N–H and O–H groups in total. The maximum absolute atomic E-state index is 12.8. The number of carbonyl (C=O) groups is 3. The van der Waals surface area contributed by atoms with Crippen molar-refractivity contribution in [2.75, 3.05) is 43.5 Å². The number of piperazine rings is 1. The fraction of sp³-hybridized carbons (Fsp3) is 0.286. The van der Waals surface area contributed by atoms with Gasteiger partial charge in [-0.2, -0.15) is 0 Å². The summed E-state index contributed by atoms with van der Waals surface area (Å²) in [6.45, 7) is 3.89. The van der Waals surface area contributed by atoms with Crippen LogP contribution in [0.2, 0.25) is 10.0 Å². The average Bonchev–Trinajstić information content (AvgIpc) is 2.73. The highest BCUT2D eigenvalue weighted by atomic mass is 35.5. The molecule has 0 saturated carbocycles. The van der Waals surface area contributed by atoms with Crippen LogP contribution in [0.1, 0.15) is 27.6 Å². The second-order valence-corrected chi connectivity index (χ2v) is 7.64. The highest BCUT2D eigenvalue weighted by Gasteiger charge is 2.23. The van der Waals surface area contributed by atoms with Gasteiger partial charge in [0.15, 0.2) is 0 Å². The van der Waals surface area contributed by atoms with Crippen LogP contribution in [0.5, 0.6) is 0 Å². The molecule has 0 aromatic heterocycles. The number of benzene rings is 2. The molecule has 0 bridgehead atoms. The highest BCUT2D eigenvalue weighted by Crippen LogP contribution is 2.30. The molecule has 1 saturated heterocycles. The maximum atomic E-state index is 12.8. The number of amides is 2. The zero-order chi connectivity index (χ0) is 21.8. The first-order chi connectivity index (χ1) is 14.3. The molecule has 1 aliphatic heterocycles. The lowest BCUT2D eigenvalue weighted by atomic mass is 10.1. The smallest absolute Gasteiger partial charge is 0.337 e. The summed E-state index contributed by atoms with van der Waals surface area (Å²) in [6, 6.07) is 9.58. The summed E-state index contributed by atoms with van der Waals surface area (Å²) in [7, 11) is 1.29. The van der Waals surface area contributed by atoms with Crippen molar-refractivity contribution in [3.05, 3.63) is 57.6 Å². The van der Waals surface area contributed by atoms with Gasteiger partial charge in [0, 0.05) is 38.1 Å². The largest absolute Gasteiger partial charge is 0.465 e. The zero-order valence-electron chi connectivity index (χ0n) is 16.6. The van der Waals surface area contributed by atoms with E-state index in [0.717, 1.165) is 5.69 Å². The predicted octanol–water partition coefficient (Wildman–Crippen LogP) is 3.70. The van der Waals surface area contributed by atoms with E-state index in [1.54, 1.807) is 36.1 Å². The first kappa shape index (κ1) is 21.9. The Kier molecular flexibility index (Phi) is 6.84. The van der Waals surface area contributed by atoms with Crippen molar-refractivity contribution in [2.24, 2.45) is 0 Å². The third-order valence-corrected chi connectivity index (χ3v) is 5.46. The van der Waals surface area contributed by atoms with E-state index in [4.69, 9.17) is 27.9 Å². The van der Waals surface area contributed by atoms with Gasteiger partial charge in [0.05, 0.1) is 34.6 Å². The third kappa shape index (κ3) is 4.86. The number of esters is 1. The van der Waals surface area contributed by atoms with Crippen molar-refractivity contribution in [1.82, 2.24) is 4.90 Å². The van der Waals surface area contributed by atoms with Crippen molar-refractivity contribution >= 4 is 52.4 Å². The molecule has 0 radical (unpaired) electrons. The van der Waals surface area contributed by atoms with Gasteiger partial charge in [0.2, 0.25) is 5.91 Å². The van der Waals surface area contributed by atoms with Gasteiger partial charge in [-0.3, -0.25) is 9.59 Å². The SMILES string of the molecule is COC(=O)c1ccc(N2CCN(C(C)=O)CC2)c(NC(=O)c2ccc(Cl)cc2Cl)c1. The van der Waals surface area contributed by atoms with Gasteiger partial charge in [-0.15, -0.1) is 0 Å². The topological polar surface area (TPSA) is 79.0 Å². The van der Waals surface area contributed by atoms with Crippen molar-refractivity contribution < 1.29 is 19.1 Å². The van der Waals surface area contributed by atoms with E-state index in [0.29, 0.717) is 42.5 Å². The number of rotatable bonds is 4. The zero-order valence-corrected chi connectivity index (χ0v) is 18.1. The minimum atomic E-state index is -0.511. The Bertz CT molecular complexity index is 988. The second-order valence-electron chi connectivity index (χ2n) is 6.79. The van der Waals surface area contributed by atoms with Gasteiger partial charge in [0.25, 0.3) is 5.91 Å². The Morgan fingerprint density at radius 3 is 2.30 bits per heavy atom. The van der Waals surface area contributed by atoms with Crippen LogP contribution in [0.15, 0.2) is 36.4 Å². The summed E-state index contributed by atoms with van der Waals surface area (Å²) in [6.07, 6.45) is 0. The van der Waals surface area contributed by atoms with E-state index in [2.05, 4.69) is 10.2 Å². The molecule has 1 heterocycles. The van der Waals surface area contributed by atoms with Crippen molar-refractivity contribution in [3.8, 4) is 0 Å². The number of nitrogens with zero attached hydrogens (tertiary/aromatic N) is 2. The van der Waals surface area contributed by atoms with E-state index < -0.39 is 11.9 Å². The summed E-state index contributed by atoms with van der Waals surface area (Å²) < 4.78 is 4.79. The predicted molar refractivity (Wildman–Crippen MR) is 117 cm³/mol. The van der Waals surface area contributed by atoms with Gasteiger partial charge >= 0.3 is 5.97 Å². The molecule has 158 valence electrons. The monoisotopic (exact) mass is 449 g/mol. The van der Waals surface area contributed by atoms with Crippen molar-refractivity contribution in [2.45, 2.75) is 6.92 Å². The molecular formula is C21H21Cl2N3O4. The molecule has 1 fully saturated rings. The van der Waals surface area contributed by atoms with Gasteiger partial charge in [-0.25, -0.2) is 4.79 Å². The molecular weight excluding hydrogens is 429 g/mol. The quantitative estimate of drug-likeness (QED) is 0.719. The molecule has 0 aliphatic carbocycles. The lowest BCUT2D eigenvalue weighted by molar-refractivity contribution is -0.129. The summed E-state index contributed by atoms with van der Waals surface area (Å²) in [5, 5.41) is 3.49. The fourth-order valence-corrected chi connectivity index (χ4v) is 3.78. The molecule has 2 aromatic rings. The standard InChI is InChI=1S/C21H21Cl2N3O4/c1-13(27)25-7-9-26(10-8-25)19-6-3-14(21(29)30-2)11-18(19)24-20(28)16-5-4-15(22)12-17(16)23/h3-6,11-12H,7-10H2,1-2H3,(H,24,28). The molecule has 2 aromatic carbocycles. The molecule has 30 heavy (non-hydrogen) atoms. The fourth-order valence-electron chi connectivity index (χ4n) is 3.28. The molecule has 9 heteroatoms. The van der Waals surface area contributed by atoms with Crippen LogP contribution in [-0.4, -0.2) is 56.0 Å². The van der Waals surface area contributed by atoms with Crippen LogP contribution in [0.3, 0.4) is 0 Å². The number of methoxy groups -OCH3 is 1. The maximum Gasteiger partial charge on any atom is 0.337 e. The lowest BCUT2D eigenvalue weighted by Gasteiger charge is -2.36. The summed E-state index contributed by atoms with van der Waals surface area (Å²) >= 11 is 12.1. The summed E-state index contributed by atoms with van der Waals surface area (Å²) in [4.78, 5) is 40.3. The number of nitrogens with one attached hydrogen (secondary N) is 1. The lowest BCUT2D eigenvalue weighted by Crippen LogP contribution is -2.48. The molecule has 3 rings (SSSR count). The number of hydrogen-bond donors (Lipinski definition) is 1. The van der Waals surface area contributed by atoms with Crippen molar-refractivity contribution in [3.63, 3.8) is 0 Å². The molecule has 0 unspecified atom stereocenters. The van der Waals surface area contributed by atoms with Crippen LogP contribution < -0.4 is 10.2 Å². The van der Waals surface area contributed by atoms with Gasteiger partial charge in [-0.1, -0.05) is 23.2 Å². The number of ether oxygens (including phenoxy) is 1. The van der Waals surface area contributed by atoms with Crippen LogP contribution in [0.4, 0.5) is 11.4 Å². The Morgan fingerprint density at radius 1 is 1.00 bits per heavy atom. The molecule has 1 aliphatic rings. The first-order valence-corrected chi connectivity index (χ1v) is 10.0. The van der Waals surface area contributed by atoms with Gasteiger partial charge in [0.1, 0.15) is 0 Å². The highest BCUT2D eigenvalue weighted by molar-refractivity contribution is 6.37. The Labute approximate surface area is 184 Å². The van der Waals surface area contributed by atoms with Crippen LogP contribution >= 0.6 is 23.2 Å². The normalized spacial score (nSPS) is 13.7.